The molecule has 0 atom stereocenters. The molecule has 86 valence electrons. The van der Waals surface area contributed by atoms with Gasteiger partial charge in [-0.25, -0.2) is 9.59 Å². The molecular weight excluding hydrogens is 208 g/mol. The number of rotatable bonds is 2. The summed E-state index contributed by atoms with van der Waals surface area (Å²) >= 11 is 0. The monoisotopic (exact) mass is 220 g/mol. The van der Waals surface area contributed by atoms with Crippen LogP contribution in [0, 0.1) is 0 Å². The second-order valence-corrected chi connectivity index (χ2v) is 1.77. The van der Waals surface area contributed by atoms with Crippen molar-refractivity contribution in [2.75, 3.05) is 0 Å². The lowest BCUT2D eigenvalue weighted by Crippen LogP contribution is -2.02. The summed E-state index contributed by atoms with van der Waals surface area (Å²) < 4.78 is 4.41. The maximum absolute atomic E-state index is 10.2. The van der Waals surface area contributed by atoms with Crippen molar-refractivity contribution < 1.29 is 24.2 Å². The summed E-state index contributed by atoms with van der Waals surface area (Å²) in [4.78, 5) is 20.3. The molecule has 0 radical (unpaired) electrons. The van der Waals surface area contributed by atoms with Gasteiger partial charge in [0.15, 0.2) is 0 Å². The molecule has 10 N–H and O–H groups in total. The highest BCUT2D eigenvalue weighted by atomic mass is 16.4. The molecule has 0 aliphatic rings. The van der Waals surface area contributed by atoms with Crippen molar-refractivity contribution in [3.8, 4) is 0 Å². The van der Waals surface area contributed by atoms with E-state index in [1.165, 1.54) is 0 Å². The van der Waals surface area contributed by atoms with Gasteiger partial charge in [0.1, 0.15) is 0 Å². The van der Waals surface area contributed by atoms with Gasteiger partial charge in [-0.1, -0.05) is 0 Å². The molecule has 0 aliphatic carbocycles. The number of nitrogens with two attached hydrogens (primary N) is 4. The zero-order chi connectivity index (χ0) is 12.4. The molecule has 0 fully saturated rings. The minimum absolute atomic E-state index is 0.373. The Morgan fingerprint density at radius 3 is 1.33 bits per heavy atom. The molecule has 1 aromatic rings. The molecule has 0 saturated carbocycles. The Labute approximate surface area is 84.2 Å². The van der Waals surface area contributed by atoms with E-state index >= 15 is 0 Å². The zero-order valence-electron chi connectivity index (χ0n) is 7.58. The largest absolute Gasteiger partial charge is 0.475 e. The van der Waals surface area contributed by atoms with Crippen LogP contribution in [-0.4, -0.2) is 22.2 Å². The smallest absolute Gasteiger partial charge is 0.371 e. The van der Waals surface area contributed by atoms with Crippen molar-refractivity contribution in [1.29, 1.82) is 0 Å². The topological polar surface area (TPSA) is 192 Å². The molecule has 0 bridgehead atoms. The van der Waals surface area contributed by atoms with Gasteiger partial charge in [-0.3, -0.25) is 23.4 Å². The number of hydrogen-bond acceptors (Lipinski definition) is 7. The summed E-state index contributed by atoms with van der Waals surface area (Å²) in [7, 11) is 0. The lowest BCUT2D eigenvalue weighted by Gasteiger charge is -1.84. The van der Waals surface area contributed by atoms with E-state index in [1.807, 2.05) is 0 Å². The third-order valence-corrected chi connectivity index (χ3v) is 1.03. The van der Waals surface area contributed by atoms with Gasteiger partial charge in [-0.05, 0) is 12.1 Å². The van der Waals surface area contributed by atoms with Gasteiger partial charge in [0.05, 0.1) is 0 Å². The van der Waals surface area contributed by atoms with Crippen LogP contribution in [0.2, 0.25) is 0 Å². The summed E-state index contributed by atoms with van der Waals surface area (Å²) in [5.41, 5.74) is 0. The predicted octanol–water partition coefficient (Wildman–Crippen LogP) is -1.69. The highest BCUT2D eigenvalue weighted by molar-refractivity contribution is 5.88. The molecule has 0 amide bonds. The van der Waals surface area contributed by atoms with Gasteiger partial charge in [-0.15, -0.1) is 0 Å². The van der Waals surface area contributed by atoms with Gasteiger partial charge in [0.2, 0.25) is 11.5 Å². The van der Waals surface area contributed by atoms with Crippen LogP contribution >= 0.6 is 0 Å². The minimum Gasteiger partial charge on any atom is -0.475 e. The normalized spacial score (nSPS) is 7.73. The number of carboxylic acid groups (broad SMARTS) is 2. The van der Waals surface area contributed by atoms with Crippen molar-refractivity contribution in [1.82, 2.24) is 0 Å². The van der Waals surface area contributed by atoms with Crippen molar-refractivity contribution in [3.05, 3.63) is 23.7 Å². The van der Waals surface area contributed by atoms with Gasteiger partial charge >= 0.3 is 11.9 Å². The van der Waals surface area contributed by atoms with Crippen molar-refractivity contribution in [3.63, 3.8) is 0 Å². The van der Waals surface area contributed by atoms with Crippen LogP contribution in [0.25, 0.3) is 0 Å². The Hall–Kier alpha value is -1.94. The minimum atomic E-state index is -1.28. The number of hydrazine groups is 2. The van der Waals surface area contributed by atoms with E-state index in [-0.39, 0.29) is 11.5 Å². The van der Waals surface area contributed by atoms with Crippen LogP contribution in [0.4, 0.5) is 0 Å². The Morgan fingerprint density at radius 2 is 1.20 bits per heavy atom. The third kappa shape index (κ3) is 5.38. The quantitative estimate of drug-likeness (QED) is 0.249. The van der Waals surface area contributed by atoms with Crippen molar-refractivity contribution >= 4 is 11.9 Å². The summed E-state index contributed by atoms with van der Waals surface area (Å²) in [5.74, 6) is 12.7. The van der Waals surface area contributed by atoms with Crippen LogP contribution in [0.5, 0.6) is 0 Å². The molecule has 0 aromatic carbocycles. The standard InChI is InChI=1S/C6H4O5.2H4N2/c7-5(8)3-1-2-4(11-3)6(9)10;2*1-2/h1-2H,(H,7,8)(H,9,10);2*1-2H2. The highest BCUT2D eigenvalue weighted by Gasteiger charge is 2.12. The van der Waals surface area contributed by atoms with Gasteiger partial charge in [0.25, 0.3) is 0 Å². The summed E-state index contributed by atoms with van der Waals surface area (Å²) in [5, 5.41) is 16.6. The van der Waals surface area contributed by atoms with Crippen LogP contribution in [0.15, 0.2) is 16.5 Å². The maximum atomic E-state index is 10.2. The van der Waals surface area contributed by atoms with Crippen molar-refractivity contribution in [2.45, 2.75) is 0 Å². The van der Waals surface area contributed by atoms with Crippen LogP contribution in [-0.2, 0) is 0 Å². The molecule has 9 heteroatoms. The molecule has 15 heavy (non-hydrogen) atoms. The molecule has 0 unspecified atom stereocenters. The van der Waals surface area contributed by atoms with Crippen LogP contribution in [0.1, 0.15) is 21.1 Å². The first kappa shape index (κ1) is 15.5. The van der Waals surface area contributed by atoms with E-state index in [0.717, 1.165) is 12.1 Å². The molecule has 9 nitrogen and oxygen atoms in total. The Bertz CT molecular complexity index is 282. The second kappa shape index (κ2) is 8.65. The average Bonchev–Trinajstić information content (AvgIpc) is 2.73. The number of aromatic carboxylic acids is 2. The van der Waals surface area contributed by atoms with Gasteiger partial charge < -0.3 is 14.6 Å². The fourth-order valence-electron chi connectivity index (χ4n) is 0.568. The fourth-order valence-corrected chi connectivity index (χ4v) is 0.568. The van der Waals surface area contributed by atoms with Gasteiger partial charge in [-0.2, -0.15) is 0 Å². The number of furan rings is 1. The summed E-state index contributed by atoms with van der Waals surface area (Å²) in [6.07, 6.45) is 0. The van der Waals surface area contributed by atoms with E-state index in [1.54, 1.807) is 0 Å². The average molecular weight is 220 g/mol. The lowest BCUT2D eigenvalue weighted by atomic mass is 10.4. The van der Waals surface area contributed by atoms with Crippen LogP contribution < -0.4 is 23.4 Å². The lowest BCUT2D eigenvalue weighted by molar-refractivity contribution is 0.0632. The first-order chi connectivity index (χ1) is 7.11. The van der Waals surface area contributed by atoms with Gasteiger partial charge in [0, 0.05) is 0 Å². The second-order valence-electron chi connectivity index (χ2n) is 1.77. The molecule has 0 saturated heterocycles. The van der Waals surface area contributed by atoms with E-state index in [9.17, 15) is 9.59 Å². The highest BCUT2D eigenvalue weighted by Crippen LogP contribution is 2.06. The molecule has 1 aromatic heterocycles. The molecule has 0 spiro atoms. The fraction of sp³-hybridized carbons (Fsp3) is 0. The summed E-state index contributed by atoms with van der Waals surface area (Å²) in [6, 6.07) is 2.18. The third-order valence-electron chi connectivity index (χ3n) is 1.03. The number of carboxylic acids is 2. The van der Waals surface area contributed by atoms with E-state index in [2.05, 4.69) is 27.8 Å². The number of hydrogen-bond donors (Lipinski definition) is 6. The number of carbonyl (C=O) groups is 2. The molecule has 0 aliphatic heterocycles. The van der Waals surface area contributed by atoms with E-state index in [0.29, 0.717) is 0 Å². The predicted molar refractivity (Wildman–Crippen MR) is 49.4 cm³/mol. The Kier molecular flexibility index (Phi) is 8.95. The molecular formula is C6H12N4O5. The Balaban J connectivity index is 0. The molecule has 1 rings (SSSR count). The summed E-state index contributed by atoms with van der Waals surface area (Å²) in [6.45, 7) is 0. The SMILES string of the molecule is NN.NN.O=C(O)c1ccc(C(=O)O)o1. The van der Waals surface area contributed by atoms with E-state index in [4.69, 9.17) is 10.2 Å². The Morgan fingerprint density at radius 1 is 0.933 bits per heavy atom. The first-order valence-electron chi connectivity index (χ1n) is 3.34. The van der Waals surface area contributed by atoms with Crippen LogP contribution in [0.3, 0.4) is 0 Å². The molecule has 1 heterocycles. The van der Waals surface area contributed by atoms with E-state index < -0.39 is 11.9 Å². The zero-order valence-corrected chi connectivity index (χ0v) is 7.58. The maximum Gasteiger partial charge on any atom is 0.371 e. The first-order valence-corrected chi connectivity index (χ1v) is 3.34. The van der Waals surface area contributed by atoms with Crippen molar-refractivity contribution in [2.24, 2.45) is 23.4 Å².